The molecule has 0 aliphatic rings. The molecule has 0 heterocycles. The third-order valence-corrected chi connectivity index (χ3v) is 3.29. The van der Waals surface area contributed by atoms with Crippen molar-refractivity contribution in [2.24, 2.45) is 0 Å². The first-order valence-electron chi connectivity index (χ1n) is 7.51. The van der Waals surface area contributed by atoms with Gasteiger partial charge in [-0.15, -0.1) is 0 Å². The summed E-state index contributed by atoms with van der Waals surface area (Å²) in [5, 5.41) is 8.56. The molecule has 4 heteroatoms. The van der Waals surface area contributed by atoms with Gasteiger partial charge in [-0.1, -0.05) is 45.4 Å². The second-order valence-corrected chi connectivity index (χ2v) is 5.05. The van der Waals surface area contributed by atoms with E-state index in [-0.39, 0.29) is 12.5 Å². The van der Waals surface area contributed by atoms with Crippen LogP contribution in [0.1, 0.15) is 77.6 Å². The number of aliphatic carboxylic acids is 1. The molecule has 4 nitrogen and oxygen atoms in total. The highest BCUT2D eigenvalue weighted by Gasteiger charge is 2.10. The van der Waals surface area contributed by atoms with E-state index in [9.17, 15) is 9.59 Å². The average molecular weight is 272 g/mol. The SMILES string of the molecule is CCCCCCCCCC(CCCC(=O)O)OC=O. The van der Waals surface area contributed by atoms with Crippen molar-refractivity contribution in [3.05, 3.63) is 0 Å². The van der Waals surface area contributed by atoms with Gasteiger partial charge >= 0.3 is 5.97 Å². The predicted molar refractivity (Wildman–Crippen MR) is 75.0 cm³/mol. The van der Waals surface area contributed by atoms with Gasteiger partial charge in [-0.2, -0.15) is 0 Å². The zero-order valence-corrected chi connectivity index (χ0v) is 12.1. The summed E-state index contributed by atoms with van der Waals surface area (Å²) in [7, 11) is 0. The highest BCUT2D eigenvalue weighted by molar-refractivity contribution is 5.66. The van der Waals surface area contributed by atoms with Gasteiger partial charge in [0.1, 0.15) is 6.10 Å². The van der Waals surface area contributed by atoms with E-state index >= 15 is 0 Å². The number of carboxylic acid groups (broad SMARTS) is 1. The van der Waals surface area contributed by atoms with Crippen LogP contribution in [-0.2, 0) is 14.3 Å². The smallest absolute Gasteiger partial charge is 0.303 e. The molecular formula is C15H28O4. The minimum absolute atomic E-state index is 0.104. The van der Waals surface area contributed by atoms with Gasteiger partial charge in [0.25, 0.3) is 6.47 Å². The Hall–Kier alpha value is -1.06. The van der Waals surface area contributed by atoms with E-state index in [1.165, 1.54) is 38.5 Å². The number of ether oxygens (including phenoxy) is 1. The van der Waals surface area contributed by atoms with Crippen molar-refractivity contribution in [1.29, 1.82) is 0 Å². The number of carbonyl (C=O) groups excluding carboxylic acids is 1. The van der Waals surface area contributed by atoms with Crippen LogP contribution in [0, 0.1) is 0 Å². The van der Waals surface area contributed by atoms with Crippen LogP contribution in [0.3, 0.4) is 0 Å². The zero-order chi connectivity index (χ0) is 14.3. The maximum atomic E-state index is 10.4. The number of carbonyl (C=O) groups is 2. The average Bonchev–Trinajstić information content (AvgIpc) is 2.37. The lowest BCUT2D eigenvalue weighted by Gasteiger charge is -2.14. The Morgan fingerprint density at radius 3 is 2.21 bits per heavy atom. The Kier molecular flexibility index (Phi) is 12.6. The molecule has 0 spiro atoms. The molecule has 0 aromatic rings. The maximum Gasteiger partial charge on any atom is 0.303 e. The van der Waals surface area contributed by atoms with Gasteiger partial charge < -0.3 is 9.84 Å². The van der Waals surface area contributed by atoms with E-state index in [0.29, 0.717) is 19.3 Å². The summed E-state index contributed by atoms with van der Waals surface area (Å²) in [6, 6.07) is 0. The van der Waals surface area contributed by atoms with Gasteiger partial charge in [0.15, 0.2) is 0 Å². The molecule has 0 saturated carbocycles. The van der Waals surface area contributed by atoms with Crippen molar-refractivity contribution in [3.8, 4) is 0 Å². The first kappa shape index (κ1) is 17.9. The van der Waals surface area contributed by atoms with E-state index in [0.717, 1.165) is 12.8 Å². The standard InChI is InChI=1S/C15H28O4/c1-2-3-4-5-6-7-8-10-14(19-13-16)11-9-12-15(17)18/h13-14H,2-12H2,1H3,(H,17,18). The Morgan fingerprint density at radius 2 is 1.63 bits per heavy atom. The highest BCUT2D eigenvalue weighted by atomic mass is 16.5. The summed E-state index contributed by atoms with van der Waals surface area (Å²) >= 11 is 0. The van der Waals surface area contributed by atoms with Crippen LogP contribution in [0.15, 0.2) is 0 Å². The Labute approximate surface area is 116 Å². The Morgan fingerprint density at radius 1 is 1.05 bits per heavy atom. The fourth-order valence-electron chi connectivity index (χ4n) is 2.17. The molecule has 0 aliphatic carbocycles. The van der Waals surface area contributed by atoms with E-state index in [4.69, 9.17) is 9.84 Å². The lowest BCUT2D eigenvalue weighted by Crippen LogP contribution is -2.12. The number of hydrogen-bond donors (Lipinski definition) is 1. The quantitative estimate of drug-likeness (QED) is 0.384. The van der Waals surface area contributed by atoms with Gasteiger partial charge in [0.05, 0.1) is 0 Å². The predicted octanol–water partition coefficient (Wildman–Crippen LogP) is 3.92. The van der Waals surface area contributed by atoms with Crippen molar-refractivity contribution in [2.75, 3.05) is 0 Å². The third kappa shape index (κ3) is 13.2. The van der Waals surface area contributed by atoms with Crippen molar-refractivity contribution in [3.63, 3.8) is 0 Å². The second kappa shape index (κ2) is 13.4. The lowest BCUT2D eigenvalue weighted by atomic mass is 10.0. The molecule has 0 rings (SSSR count). The lowest BCUT2D eigenvalue weighted by molar-refractivity contribution is -0.137. The van der Waals surface area contributed by atoms with Crippen molar-refractivity contribution in [1.82, 2.24) is 0 Å². The fraction of sp³-hybridized carbons (Fsp3) is 0.867. The first-order valence-corrected chi connectivity index (χ1v) is 7.51. The summed E-state index contributed by atoms with van der Waals surface area (Å²) in [5.74, 6) is -0.791. The molecule has 19 heavy (non-hydrogen) atoms. The third-order valence-electron chi connectivity index (χ3n) is 3.29. The minimum atomic E-state index is -0.791. The summed E-state index contributed by atoms with van der Waals surface area (Å²) in [5.41, 5.74) is 0. The van der Waals surface area contributed by atoms with Crippen LogP contribution in [0.4, 0.5) is 0 Å². The molecule has 1 unspecified atom stereocenters. The maximum absolute atomic E-state index is 10.4. The van der Waals surface area contributed by atoms with Gasteiger partial charge in [0.2, 0.25) is 0 Å². The molecule has 1 N–H and O–H groups in total. The topological polar surface area (TPSA) is 63.6 Å². The zero-order valence-electron chi connectivity index (χ0n) is 12.1. The van der Waals surface area contributed by atoms with Crippen LogP contribution in [-0.4, -0.2) is 23.7 Å². The molecule has 0 aromatic carbocycles. The molecule has 1 atom stereocenters. The molecule has 0 fully saturated rings. The summed E-state index contributed by atoms with van der Waals surface area (Å²) in [4.78, 5) is 20.8. The molecule has 0 radical (unpaired) electrons. The molecule has 0 aliphatic heterocycles. The molecule has 0 amide bonds. The monoisotopic (exact) mass is 272 g/mol. The highest BCUT2D eigenvalue weighted by Crippen LogP contribution is 2.14. The van der Waals surface area contributed by atoms with Crippen molar-refractivity contribution in [2.45, 2.75) is 83.7 Å². The van der Waals surface area contributed by atoms with Gasteiger partial charge in [-0.25, -0.2) is 0 Å². The van der Waals surface area contributed by atoms with E-state index < -0.39 is 5.97 Å². The van der Waals surface area contributed by atoms with E-state index in [1.807, 2.05) is 0 Å². The van der Waals surface area contributed by atoms with Gasteiger partial charge in [-0.3, -0.25) is 9.59 Å². The van der Waals surface area contributed by atoms with Crippen molar-refractivity contribution >= 4 is 12.4 Å². The first-order chi connectivity index (χ1) is 9.20. The van der Waals surface area contributed by atoms with Crippen LogP contribution < -0.4 is 0 Å². The Balaban J connectivity index is 3.52. The molecular weight excluding hydrogens is 244 g/mol. The number of unbranched alkanes of at least 4 members (excludes halogenated alkanes) is 6. The van der Waals surface area contributed by atoms with Crippen LogP contribution in [0.2, 0.25) is 0 Å². The van der Waals surface area contributed by atoms with Gasteiger partial charge in [0, 0.05) is 6.42 Å². The van der Waals surface area contributed by atoms with Crippen LogP contribution in [0.5, 0.6) is 0 Å². The number of rotatable bonds is 14. The molecule has 0 aromatic heterocycles. The second-order valence-electron chi connectivity index (χ2n) is 5.05. The largest absolute Gasteiger partial charge is 0.481 e. The summed E-state index contributed by atoms with van der Waals surface area (Å²) in [6.07, 6.45) is 10.8. The van der Waals surface area contributed by atoms with E-state index in [2.05, 4.69) is 6.92 Å². The Bertz CT molecular complexity index is 228. The molecule has 0 saturated heterocycles. The minimum Gasteiger partial charge on any atom is -0.481 e. The summed E-state index contributed by atoms with van der Waals surface area (Å²) < 4.78 is 5.00. The molecule has 0 bridgehead atoms. The summed E-state index contributed by atoms with van der Waals surface area (Å²) in [6.45, 7) is 2.69. The number of carboxylic acids is 1. The van der Waals surface area contributed by atoms with Crippen LogP contribution in [0.25, 0.3) is 0 Å². The van der Waals surface area contributed by atoms with Gasteiger partial charge in [-0.05, 0) is 25.7 Å². The molecule has 112 valence electrons. The number of hydrogen-bond acceptors (Lipinski definition) is 3. The van der Waals surface area contributed by atoms with Crippen molar-refractivity contribution < 1.29 is 19.4 Å². The fourth-order valence-corrected chi connectivity index (χ4v) is 2.17. The van der Waals surface area contributed by atoms with E-state index in [1.54, 1.807) is 0 Å². The normalized spacial score (nSPS) is 12.1. The van der Waals surface area contributed by atoms with Crippen LogP contribution >= 0.6 is 0 Å².